The molecule has 0 aliphatic carbocycles. The van der Waals surface area contributed by atoms with Crippen LogP contribution in [0.1, 0.15) is 129 Å². The van der Waals surface area contributed by atoms with Gasteiger partial charge in [-0.3, -0.25) is 4.79 Å². The summed E-state index contributed by atoms with van der Waals surface area (Å²) >= 11 is 0. The highest BCUT2D eigenvalue weighted by molar-refractivity contribution is 5.72. The van der Waals surface area contributed by atoms with Crippen LogP contribution in [0.15, 0.2) is 24.3 Å². The van der Waals surface area contributed by atoms with E-state index >= 15 is 0 Å². The second-order valence-corrected chi connectivity index (χ2v) is 10.1. The van der Waals surface area contributed by atoms with Gasteiger partial charge in [-0.25, -0.2) is 0 Å². The number of carbonyl (C=O) groups excluding carboxylic acids is 1. The highest BCUT2D eigenvalue weighted by Crippen LogP contribution is 2.18. The van der Waals surface area contributed by atoms with Gasteiger partial charge in [-0.1, -0.05) is 102 Å². The van der Waals surface area contributed by atoms with Crippen LogP contribution >= 0.6 is 0 Å². The van der Waals surface area contributed by atoms with Crippen molar-refractivity contribution in [3.8, 4) is 0 Å². The maximum absolute atomic E-state index is 12.1. The molecule has 0 aromatic carbocycles. The van der Waals surface area contributed by atoms with Gasteiger partial charge in [0.2, 0.25) is 0 Å². The van der Waals surface area contributed by atoms with E-state index < -0.39 is 0 Å². The van der Waals surface area contributed by atoms with E-state index in [4.69, 9.17) is 4.74 Å². The van der Waals surface area contributed by atoms with Crippen LogP contribution in [-0.4, -0.2) is 37.6 Å². The van der Waals surface area contributed by atoms with Gasteiger partial charge in [0.25, 0.3) is 0 Å². The fourth-order valence-corrected chi connectivity index (χ4v) is 4.51. The summed E-state index contributed by atoms with van der Waals surface area (Å²) in [6.45, 7) is 4.93. The molecule has 0 aromatic rings. The molecule has 1 aliphatic heterocycles. The molecule has 0 aromatic heterocycles. The molecule has 192 valence electrons. The summed E-state index contributed by atoms with van der Waals surface area (Å²) in [5.41, 5.74) is 0. The van der Waals surface area contributed by atoms with E-state index in [1.165, 1.54) is 96.3 Å². The zero-order valence-corrected chi connectivity index (χ0v) is 22.2. The zero-order chi connectivity index (χ0) is 23.8. The van der Waals surface area contributed by atoms with Crippen molar-refractivity contribution in [1.29, 1.82) is 0 Å². The van der Waals surface area contributed by atoms with Crippen LogP contribution in [0.3, 0.4) is 0 Å². The molecule has 0 amide bonds. The molecule has 1 heterocycles. The van der Waals surface area contributed by atoms with Gasteiger partial charge in [-0.15, -0.1) is 0 Å². The molecule has 1 saturated heterocycles. The van der Waals surface area contributed by atoms with Gasteiger partial charge in [-0.2, -0.15) is 0 Å². The molecule has 0 spiro atoms. The summed E-state index contributed by atoms with van der Waals surface area (Å²) in [7, 11) is 2.12. The van der Waals surface area contributed by atoms with Crippen LogP contribution in [0.25, 0.3) is 0 Å². The van der Waals surface area contributed by atoms with Gasteiger partial charge in [-0.05, 0) is 71.5 Å². The molecule has 0 bridgehead atoms. The Morgan fingerprint density at radius 2 is 1.21 bits per heavy atom. The number of likely N-dealkylation sites (tertiary alicyclic amines) is 1. The van der Waals surface area contributed by atoms with Gasteiger partial charge in [0.05, 0.1) is 12.5 Å². The van der Waals surface area contributed by atoms with E-state index in [1.54, 1.807) is 0 Å². The normalized spacial score (nSPS) is 15.7. The number of esters is 1. The molecule has 0 unspecified atom stereocenters. The lowest BCUT2D eigenvalue weighted by Gasteiger charge is -2.27. The Kier molecular flexibility index (Phi) is 20.6. The monoisotopic (exact) mass is 461 g/mol. The first-order valence-corrected chi connectivity index (χ1v) is 14.4. The van der Waals surface area contributed by atoms with E-state index in [2.05, 4.69) is 43.2 Å². The quantitative estimate of drug-likeness (QED) is 0.0973. The Balaban J connectivity index is 1.74. The second-order valence-electron chi connectivity index (χ2n) is 10.1. The average molecular weight is 462 g/mol. The van der Waals surface area contributed by atoms with Crippen LogP contribution in [0.4, 0.5) is 0 Å². The molecular weight excluding hydrogens is 406 g/mol. The Bertz CT molecular complexity index is 492. The van der Waals surface area contributed by atoms with Crippen molar-refractivity contribution >= 4 is 5.97 Å². The van der Waals surface area contributed by atoms with Crippen LogP contribution < -0.4 is 0 Å². The number of hydrogen-bond donors (Lipinski definition) is 0. The van der Waals surface area contributed by atoms with E-state index in [-0.39, 0.29) is 11.9 Å². The SMILES string of the molecule is CCCCCC=CCC=CCCCCCCCCCCCCCOC(=O)C1CCN(C)CC1. The number of nitrogens with zero attached hydrogens (tertiary/aromatic N) is 1. The number of unbranched alkanes of at least 4 members (excludes halogenated alkanes) is 14. The van der Waals surface area contributed by atoms with Gasteiger partial charge >= 0.3 is 5.97 Å². The topological polar surface area (TPSA) is 29.5 Å². The molecule has 33 heavy (non-hydrogen) atoms. The van der Waals surface area contributed by atoms with Gasteiger partial charge in [0.15, 0.2) is 0 Å². The summed E-state index contributed by atoms with van der Waals surface area (Å²) in [5.74, 6) is 0.189. The molecule has 1 rings (SSSR count). The molecule has 1 fully saturated rings. The fourth-order valence-electron chi connectivity index (χ4n) is 4.51. The van der Waals surface area contributed by atoms with Gasteiger partial charge in [0.1, 0.15) is 0 Å². The van der Waals surface area contributed by atoms with Crippen molar-refractivity contribution in [2.45, 2.75) is 129 Å². The minimum absolute atomic E-state index is 0.0458. The first-order valence-electron chi connectivity index (χ1n) is 14.4. The van der Waals surface area contributed by atoms with Crippen molar-refractivity contribution in [3.63, 3.8) is 0 Å². The van der Waals surface area contributed by atoms with Crippen molar-refractivity contribution < 1.29 is 9.53 Å². The Morgan fingerprint density at radius 1 is 0.727 bits per heavy atom. The summed E-state index contributed by atoms with van der Waals surface area (Å²) in [4.78, 5) is 14.4. The van der Waals surface area contributed by atoms with Crippen molar-refractivity contribution in [2.24, 2.45) is 5.92 Å². The predicted molar refractivity (Wildman–Crippen MR) is 144 cm³/mol. The Hall–Kier alpha value is -1.09. The van der Waals surface area contributed by atoms with Crippen LogP contribution in [0.5, 0.6) is 0 Å². The lowest BCUT2D eigenvalue weighted by molar-refractivity contribution is -0.150. The third kappa shape index (κ3) is 19.0. The number of ether oxygens (including phenoxy) is 1. The first kappa shape index (κ1) is 29.9. The smallest absolute Gasteiger partial charge is 0.309 e. The molecule has 1 aliphatic rings. The van der Waals surface area contributed by atoms with Crippen LogP contribution in [-0.2, 0) is 9.53 Å². The molecule has 0 N–H and O–H groups in total. The molecule has 0 saturated carbocycles. The van der Waals surface area contributed by atoms with Crippen molar-refractivity contribution in [1.82, 2.24) is 4.90 Å². The third-order valence-corrected chi connectivity index (χ3v) is 6.89. The maximum Gasteiger partial charge on any atom is 0.309 e. The summed E-state index contributed by atoms with van der Waals surface area (Å²) in [6, 6.07) is 0. The van der Waals surface area contributed by atoms with E-state index in [0.29, 0.717) is 6.61 Å². The van der Waals surface area contributed by atoms with E-state index in [0.717, 1.165) is 38.8 Å². The van der Waals surface area contributed by atoms with Crippen LogP contribution in [0, 0.1) is 5.92 Å². The summed E-state index contributed by atoms with van der Waals surface area (Å²) in [5, 5.41) is 0. The lowest BCUT2D eigenvalue weighted by atomic mass is 9.97. The average Bonchev–Trinajstić information content (AvgIpc) is 2.82. The largest absolute Gasteiger partial charge is 0.465 e. The maximum atomic E-state index is 12.1. The van der Waals surface area contributed by atoms with Crippen molar-refractivity contribution in [3.05, 3.63) is 24.3 Å². The highest BCUT2D eigenvalue weighted by Gasteiger charge is 2.24. The summed E-state index contributed by atoms with van der Waals surface area (Å²) < 4.78 is 5.49. The van der Waals surface area contributed by atoms with E-state index in [1.807, 2.05) is 0 Å². The molecule has 0 atom stereocenters. The number of allylic oxidation sites excluding steroid dienone is 4. The molecule has 3 nitrogen and oxygen atoms in total. The fraction of sp³-hybridized carbons (Fsp3) is 0.833. The molecule has 0 radical (unpaired) electrons. The minimum atomic E-state index is 0.0458. The minimum Gasteiger partial charge on any atom is -0.465 e. The van der Waals surface area contributed by atoms with Crippen LogP contribution in [0.2, 0.25) is 0 Å². The van der Waals surface area contributed by atoms with Gasteiger partial charge < -0.3 is 9.64 Å². The standard InChI is InChI=1S/C30H55NO2/c1-3-4-5-6-7-8-9-10-11-12-13-14-15-16-17-18-19-20-21-22-23-28-33-30(32)29-24-26-31(2)27-25-29/h7-8,10-11,29H,3-6,9,12-28H2,1-2H3. The number of carbonyl (C=O) groups is 1. The molecular formula is C30H55NO2. The van der Waals surface area contributed by atoms with Crippen molar-refractivity contribution in [2.75, 3.05) is 26.7 Å². The van der Waals surface area contributed by atoms with E-state index in [9.17, 15) is 4.79 Å². The third-order valence-electron chi connectivity index (χ3n) is 6.89. The Morgan fingerprint density at radius 3 is 1.76 bits per heavy atom. The first-order chi connectivity index (χ1) is 16.2. The number of piperidine rings is 1. The number of rotatable bonds is 21. The lowest BCUT2D eigenvalue weighted by Crippen LogP contribution is -2.34. The zero-order valence-electron chi connectivity index (χ0n) is 22.2. The molecule has 3 heteroatoms. The predicted octanol–water partition coefficient (Wildman–Crippen LogP) is 8.64. The Labute approximate surface area is 206 Å². The summed E-state index contributed by atoms with van der Waals surface area (Å²) in [6.07, 6.45) is 33.4. The highest BCUT2D eigenvalue weighted by atomic mass is 16.5. The van der Waals surface area contributed by atoms with Gasteiger partial charge in [0, 0.05) is 0 Å². The second kappa shape index (κ2) is 22.7. The number of hydrogen-bond acceptors (Lipinski definition) is 3.